The molecule has 6 heteroatoms. The van der Waals surface area contributed by atoms with Crippen LogP contribution in [0.3, 0.4) is 0 Å². The van der Waals surface area contributed by atoms with Gasteiger partial charge in [-0.15, -0.1) is 24.0 Å². The van der Waals surface area contributed by atoms with Crippen molar-refractivity contribution in [1.29, 1.82) is 0 Å². The number of hydrogen-bond donors (Lipinski definition) is 2. The second-order valence-electron chi connectivity index (χ2n) is 6.63. The van der Waals surface area contributed by atoms with Gasteiger partial charge in [-0.1, -0.05) is 37.1 Å². The number of benzene rings is 1. The predicted molar refractivity (Wildman–Crippen MR) is 120 cm³/mol. The molecule has 148 valence electrons. The Morgan fingerprint density at radius 3 is 2.54 bits per heavy atom. The van der Waals surface area contributed by atoms with Crippen molar-refractivity contribution in [3.05, 3.63) is 35.4 Å². The standard InChI is InChI=1S/C20H34N4O.HI/c1-3-21-20(22-11-14-25-2)23-16-18-9-8-10-19(15-18)17-24-12-6-4-5-7-13-24;/h8-10,15H,3-7,11-14,16-17H2,1-2H3,(H2,21,22,23);1H. The maximum Gasteiger partial charge on any atom is 0.191 e. The van der Waals surface area contributed by atoms with E-state index in [1.807, 2.05) is 0 Å². The number of nitrogens with zero attached hydrogens (tertiary/aromatic N) is 2. The first-order valence-electron chi connectivity index (χ1n) is 9.63. The van der Waals surface area contributed by atoms with Gasteiger partial charge in [0, 0.05) is 26.7 Å². The number of rotatable bonds is 8. The van der Waals surface area contributed by atoms with Gasteiger partial charge in [-0.2, -0.15) is 0 Å². The van der Waals surface area contributed by atoms with Crippen LogP contribution < -0.4 is 10.6 Å². The molecule has 1 aromatic carbocycles. The monoisotopic (exact) mass is 474 g/mol. The molecule has 0 radical (unpaired) electrons. The molecular weight excluding hydrogens is 439 g/mol. The smallest absolute Gasteiger partial charge is 0.191 e. The summed E-state index contributed by atoms with van der Waals surface area (Å²) in [4.78, 5) is 7.27. The molecule has 1 aromatic rings. The Morgan fingerprint density at radius 1 is 1.12 bits per heavy atom. The number of halogens is 1. The zero-order chi connectivity index (χ0) is 17.7. The highest BCUT2D eigenvalue weighted by Crippen LogP contribution is 2.14. The van der Waals surface area contributed by atoms with Gasteiger partial charge in [0.25, 0.3) is 0 Å². The summed E-state index contributed by atoms with van der Waals surface area (Å²) in [5, 5.41) is 6.56. The lowest BCUT2D eigenvalue weighted by Gasteiger charge is -2.20. The van der Waals surface area contributed by atoms with E-state index in [0.717, 1.165) is 25.6 Å². The third-order valence-electron chi connectivity index (χ3n) is 4.46. The summed E-state index contributed by atoms with van der Waals surface area (Å²) in [5.74, 6) is 0.845. The van der Waals surface area contributed by atoms with Crippen molar-refractivity contribution in [2.45, 2.75) is 45.7 Å². The molecule has 1 aliphatic heterocycles. The number of aliphatic imine (C=N–C) groups is 1. The van der Waals surface area contributed by atoms with Gasteiger partial charge in [0.15, 0.2) is 5.96 Å². The Morgan fingerprint density at radius 2 is 1.85 bits per heavy atom. The normalized spacial score (nSPS) is 15.8. The molecule has 26 heavy (non-hydrogen) atoms. The molecule has 1 heterocycles. The van der Waals surface area contributed by atoms with Gasteiger partial charge in [0.1, 0.15) is 0 Å². The molecule has 5 nitrogen and oxygen atoms in total. The second-order valence-corrected chi connectivity index (χ2v) is 6.63. The van der Waals surface area contributed by atoms with Crippen LogP contribution in [-0.2, 0) is 17.8 Å². The zero-order valence-electron chi connectivity index (χ0n) is 16.3. The van der Waals surface area contributed by atoms with Crippen LogP contribution in [0.25, 0.3) is 0 Å². The Balaban J connectivity index is 0.00000338. The van der Waals surface area contributed by atoms with Crippen molar-refractivity contribution in [1.82, 2.24) is 15.5 Å². The van der Waals surface area contributed by atoms with Crippen molar-refractivity contribution in [2.75, 3.05) is 39.9 Å². The summed E-state index contributed by atoms with van der Waals surface area (Å²) >= 11 is 0. The van der Waals surface area contributed by atoms with E-state index in [4.69, 9.17) is 4.74 Å². The lowest BCUT2D eigenvalue weighted by atomic mass is 10.1. The summed E-state index contributed by atoms with van der Waals surface area (Å²) in [7, 11) is 1.71. The fourth-order valence-electron chi connectivity index (χ4n) is 3.16. The van der Waals surface area contributed by atoms with Crippen LogP contribution in [-0.4, -0.2) is 50.8 Å². The summed E-state index contributed by atoms with van der Waals surface area (Å²) in [6, 6.07) is 8.85. The van der Waals surface area contributed by atoms with Crippen molar-refractivity contribution in [2.24, 2.45) is 4.99 Å². The molecule has 2 rings (SSSR count). The Kier molecular flexibility index (Phi) is 12.7. The molecule has 0 aromatic heterocycles. The van der Waals surface area contributed by atoms with Gasteiger partial charge in [0.2, 0.25) is 0 Å². The number of guanidine groups is 1. The summed E-state index contributed by atoms with van der Waals surface area (Å²) < 4.78 is 5.08. The average molecular weight is 474 g/mol. The number of ether oxygens (including phenoxy) is 1. The summed E-state index contributed by atoms with van der Waals surface area (Å²) in [6.45, 7) is 8.59. The molecule has 0 aliphatic carbocycles. The lowest BCUT2D eigenvalue weighted by molar-refractivity contribution is 0.203. The van der Waals surface area contributed by atoms with Gasteiger partial charge >= 0.3 is 0 Å². The highest BCUT2D eigenvalue weighted by atomic mass is 127. The molecule has 0 saturated carbocycles. The van der Waals surface area contributed by atoms with E-state index in [1.54, 1.807) is 7.11 Å². The SMILES string of the molecule is CCNC(=NCc1cccc(CN2CCCCCC2)c1)NCCOC.I. The topological polar surface area (TPSA) is 48.9 Å². The van der Waals surface area contributed by atoms with E-state index in [-0.39, 0.29) is 24.0 Å². The zero-order valence-corrected chi connectivity index (χ0v) is 18.6. The average Bonchev–Trinajstić information content (AvgIpc) is 2.89. The minimum Gasteiger partial charge on any atom is -0.383 e. The molecule has 2 N–H and O–H groups in total. The first-order valence-corrected chi connectivity index (χ1v) is 9.63. The number of nitrogens with one attached hydrogen (secondary N) is 2. The van der Waals surface area contributed by atoms with Crippen LogP contribution in [0.1, 0.15) is 43.7 Å². The van der Waals surface area contributed by atoms with Crippen LogP contribution in [0.4, 0.5) is 0 Å². The highest BCUT2D eigenvalue weighted by Gasteiger charge is 2.09. The minimum absolute atomic E-state index is 0. The van der Waals surface area contributed by atoms with Crippen molar-refractivity contribution >= 4 is 29.9 Å². The molecule has 0 unspecified atom stereocenters. The second kappa shape index (κ2) is 14.2. The predicted octanol–water partition coefficient (Wildman–Crippen LogP) is 3.38. The first kappa shape index (κ1) is 23.2. The number of hydrogen-bond acceptors (Lipinski definition) is 3. The van der Waals surface area contributed by atoms with Gasteiger partial charge in [-0.25, -0.2) is 4.99 Å². The minimum atomic E-state index is 0. The molecule has 0 bridgehead atoms. The van der Waals surface area contributed by atoms with Crippen LogP contribution >= 0.6 is 24.0 Å². The molecular formula is C20H35IN4O. The van der Waals surface area contributed by atoms with Crippen LogP contribution in [0.5, 0.6) is 0 Å². The third kappa shape index (κ3) is 9.19. The van der Waals surface area contributed by atoms with E-state index in [1.165, 1.54) is 49.9 Å². The van der Waals surface area contributed by atoms with E-state index in [9.17, 15) is 0 Å². The van der Waals surface area contributed by atoms with Gasteiger partial charge in [-0.05, 0) is 44.0 Å². The third-order valence-corrected chi connectivity index (χ3v) is 4.46. The Hall–Kier alpha value is -0.860. The Labute approximate surface area is 176 Å². The molecule has 1 saturated heterocycles. The highest BCUT2D eigenvalue weighted by molar-refractivity contribution is 14.0. The van der Waals surface area contributed by atoms with Crippen molar-refractivity contribution in [3.8, 4) is 0 Å². The molecule has 1 aliphatic rings. The quantitative estimate of drug-likeness (QED) is 0.263. The molecule has 0 spiro atoms. The van der Waals surface area contributed by atoms with Gasteiger partial charge < -0.3 is 15.4 Å². The Bertz CT molecular complexity index is 516. The molecule has 0 atom stereocenters. The fraction of sp³-hybridized carbons (Fsp3) is 0.650. The van der Waals surface area contributed by atoms with Crippen LogP contribution in [0, 0.1) is 0 Å². The first-order chi connectivity index (χ1) is 12.3. The molecule has 0 amide bonds. The number of likely N-dealkylation sites (tertiary alicyclic amines) is 1. The van der Waals surface area contributed by atoms with Crippen molar-refractivity contribution < 1.29 is 4.74 Å². The number of methoxy groups -OCH3 is 1. The van der Waals surface area contributed by atoms with E-state index < -0.39 is 0 Å². The summed E-state index contributed by atoms with van der Waals surface area (Å²) in [6.07, 6.45) is 5.44. The maximum atomic E-state index is 5.08. The van der Waals surface area contributed by atoms with Gasteiger partial charge in [-0.3, -0.25) is 4.90 Å². The maximum absolute atomic E-state index is 5.08. The largest absolute Gasteiger partial charge is 0.383 e. The van der Waals surface area contributed by atoms with Crippen molar-refractivity contribution in [3.63, 3.8) is 0 Å². The van der Waals surface area contributed by atoms with Gasteiger partial charge in [0.05, 0.1) is 13.2 Å². The van der Waals surface area contributed by atoms with E-state index in [0.29, 0.717) is 13.2 Å². The summed E-state index contributed by atoms with van der Waals surface area (Å²) in [5.41, 5.74) is 2.66. The van der Waals surface area contributed by atoms with E-state index >= 15 is 0 Å². The lowest BCUT2D eigenvalue weighted by Crippen LogP contribution is -2.38. The fourth-order valence-corrected chi connectivity index (χ4v) is 3.16. The van der Waals surface area contributed by atoms with E-state index in [2.05, 4.69) is 51.7 Å². The van der Waals surface area contributed by atoms with Crippen LogP contribution in [0.2, 0.25) is 0 Å². The molecule has 1 fully saturated rings. The van der Waals surface area contributed by atoms with Crippen LogP contribution in [0.15, 0.2) is 29.3 Å².